The fraction of sp³-hybridized carbons (Fsp3) is 0.867. The molecule has 2 rings (SSSR count). The highest BCUT2D eigenvalue weighted by Gasteiger charge is 2.43. The number of nitrogens with zero attached hydrogens (tertiary/aromatic N) is 1. The Kier molecular flexibility index (Phi) is 6.21. The number of hydrogen-bond acceptors (Lipinski definition) is 4. The van der Waals surface area contributed by atoms with Gasteiger partial charge in [0.2, 0.25) is 0 Å². The van der Waals surface area contributed by atoms with E-state index in [4.69, 9.17) is 4.74 Å². The monoisotopic (exact) mass is 314 g/mol. The van der Waals surface area contributed by atoms with Crippen molar-refractivity contribution < 1.29 is 14.3 Å². The number of amides is 2. The van der Waals surface area contributed by atoms with Gasteiger partial charge < -0.3 is 15.0 Å². The first kappa shape index (κ1) is 16.5. The summed E-state index contributed by atoms with van der Waals surface area (Å²) in [4.78, 5) is 26.6. The van der Waals surface area contributed by atoms with Crippen LogP contribution in [0.3, 0.4) is 0 Å². The van der Waals surface area contributed by atoms with E-state index in [-0.39, 0.29) is 12.0 Å². The van der Waals surface area contributed by atoms with E-state index in [1.165, 1.54) is 0 Å². The van der Waals surface area contributed by atoms with Gasteiger partial charge in [-0.1, -0.05) is 32.6 Å². The molecule has 5 nitrogen and oxygen atoms in total. The number of unbranched alkanes of at least 4 members (excludes halogenated alkanes) is 1. The van der Waals surface area contributed by atoms with Crippen LogP contribution in [0.25, 0.3) is 0 Å². The second-order valence-electron chi connectivity index (χ2n) is 5.86. The fourth-order valence-electron chi connectivity index (χ4n) is 2.84. The molecule has 1 N–H and O–H groups in total. The van der Waals surface area contributed by atoms with Crippen LogP contribution in [0, 0.1) is 0 Å². The van der Waals surface area contributed by atoms with Gasteiger partial charge in [-0.2, -0.15) is 0 Å². The zero-order valence-electron chi connectivity index (χ0n) is 12.9. The highest BCUT2D eigenvalue weighted by molar-refractivity contribution is 7.99. The van der Waals surface area contributed by atoms with Gasteiger partial charge in [-0.15, -0.1) is 11.8 Å². The molecule has 21 heavy (non-hydrogen) atoms. The maximum absolute atomic E-state index is 12.5. The minimum atomic E-state index is -0.795. The largest absolute Gasteiger partial charge is 0.464 e. The first-order valence-electron chi connectivity index (χ1n) is 8.00. The standard InChI is InChI=1S/C15H26N2O3S/c1-2-3-10-20-13(18)15(7-5-4-6-8-15)16-14(19)17-9-11-21-12-17/h2-12H2,1H3,(H,16,19). The smallest absolute Gasteiger partial charge is 0.331 e. The maximum atomic E-state index is 12.5. The minimum absolute atomic E-state index is 0.116. The number of carbonyl (C=O) groups is 2. The Morgan fingerprint density at radius 1 is 1.29 bits per heavy atom. The maximum Gasteiger partial charge on any atom is 0.331 e. The van der Waals surface area contributed by atoms with Crippen molar-refractivity contribution in [2.75, 3.05) is 24.8 Å². The van der Waals surface area contributed by atoms with E-state index in [0.717, 1.165) is 44.4 Å². The Bertz CT molecular complexity index is 364. The van der Waals surface area contributed by atoms with E-state index < -0.39 is 5.54 Å². The predicted octanol–water partition coefficient (Wildman–Crippen LogP) is 2.75. The first-order valence-corrected chi connectivity index (χ1v) is 9.15. The Morgan fingerprint density at radius 3 is 2.67 bits per heavy atom. The lowest BCUT2D eigenvalue weighted by Gasteiger charge is -2.36. The number of esters is 1. The normalized spacial score (nSPS) is 21.1. The third kappa shape index (κ3) is 4.28. The molecule has 2 fully saturated rings. The number of rotatable bonds is 5. The molecule has 6 heteroatoms. The molecule has 0 spiro atoms. The molecule has 0 aromatic heterocycles. The van der Waals surface area contributed by atoms with Crippen LogP contribution in [0.1, 0.15) is 51.9 Å². The molecular formula is C15H26N2O3S. The summed E-state index contributed by atoms with van der Waals surface area (Å²) >= 11 is 1.75. The van der Waals surface area contributed by atoms with Gasteiger partial charge in [0.1, 0.15) is 5.54 Å². The molecular weight excluding hydrogens is 288 g/mol. The lowest BCUT2D eigenvalue weighted by molar-refractivity contribution is -0.153. The van der Waals surface area contributed by atoms with Crippen LogP contribution in [0.4, 0.5) is 4.79 Å². The topological polar surface area (TPSA) is 58.6 Å². The molecule has 2 amide bonds. The van der Waals surface area contributed by atoms with Gasteiger partial charge in [0.15, 0.2) is 0 Å². The molecule has 1 aliphatic carbocycles. The van der Waals surface area contributed by atoms with E-state index in [0.29, 0.717) is 25.3 Å². The second-order valence-corrected chi connectivity index (χ2v) is 6.94. The number of thioether (sulfide) groups is 1. The molecule has 1 heterocycles. The van der Waals surface area contributed by atoms with Crippen LogP contribution in [-0.4, -0.2) is 47.2 Å². The van der Waals surface area contributed by atoms with E-state index in [9.17, 15) is 9.59 Å². The van der Waals surface area contributed by atoms with Crippen molar-refractivity contribution in [2.45, 2.75) is 57.4 Å². The molecule has 0 aromatic rings. The molecule has 1 saturated heterocycles. The molecule has 2 aliphatic rings. The third-order valence-electron chi connectivity index (χ3n) is 4.21. The number of nitrogens with one attached hydrogen (secondary N) is 1. The van der Waals surface area contributed by atoms with Crippen LogP contribution in [-0.2, 0) is 9.53 Å². The molecule has 1 aliphatic heterocycles. The average molecular weight is 314 g/mol. The van der Waals surface area contributed by atoms with Gasteiger partial charge in [-0.3, -0.25) is 0 Å². The van der Waals surface area contributed by atoms with Crippen LogP contribution in [0.15, 0.2) is 0 Å². The van der Waals surface area contributed by atoms with Crippen LogP contribution < -0.4 is 5.32 Å². The van der Waals surface area contributed by atoms with Gasteiger partial charge in [0.25, 0.3) is 0 Å². The molecule has 0 aromatic carbocycles. The molecule has 0 unspecified atom stereocenters. The highest BCUT2D eigenvalue weighted by Crippen LogP contribution is 2.30. The fourth-order valence-corrected chi connectivity index (χ4v) is 3.79. The van der Waals surface area contributed by atoms with Crippen LogP contribution in [0.2, 0.25) is 0 Å². The van der Waals surface area contributed by atoms with Crippen molar-refractivity contribution in [2.24, 2.45) is 0 Å². The molecule has 120 valence electrons. The first-order chi connectivity index (χ1) is 10.2. The number of hydrogen-bond donors (Lipinski definition) is 1. The van der Waals surface area contributed by atoms with E-state index in [2.05, 4.69) is 12.2 Å². The summed E-state index contributed by atoms with van der Waals surface area (Å²) in [6.45, 7) is 3.28. The van der Waals surface area contributed by atoms with Crippen LogP contribution >= 0.6 is 11.8 Å². The minimum Gasteiger partial charge on any atom is -0.464 e. The summed E-state index contributed by atoms with van der Waals surface area (Å²) in [7, 11) is 0. The van der Waals surface area contributed by atoms with Crippen molar-refractivity contribution in [3.05, 3.63) is 0 Å². The van der Waals surface area contributed by atoms with Crippen molar-refractivity contribution in [1.29, 1.82) is 0 Å². The summed E-state index contributed by atoms with van der Waals surface area (Å²) in [5.74, 6) is 1.45. The Hall–Kier alpha value is -0.910. The van der Waals surface area contributed by atoms with Crippen molar-refractivity contribution in [1.82, 2.24) is 10.2 Å². The average Bonchev–Trinajstić information content (AvgIpc) is 3.02. The Morgan fingerprint density at radius 2 is 2.05 bits per heavy atom. The summed E-state index contributed by atoms with van der Waals surface area (Å²) < 4.78 is 5.41. The van der Waals surface area contributed by atoms with Crippen molar-refractivity contribution in [3.8, 4) is 0 Å². The van der Waals surface area contributed by atoms with E-state index in [1.54, 1.807) is 16.7 Å². The zero-order chi connectivity index (χ0) is 15.1. The summed E-state index contributed by atoms with van der Waals surface area (Å²) in [6, 6.07) is -0.116. The third-order valence-corrected chi connectivity index (χ3v) is 5.18. The Labute approximate surface area is 131 Å². The molecule has 0 radical (unpaired) electrons. The van der Waals surface area contributed by atoms with Gasteiger partial charge in [0.05, 0.1) is 12.5 Å². The van der Waals surface area contributed by atoms with Gasteiger partial charge in [0, 0.05) is 12.3 Å². The quantitative estimate of drug-likeness (QED) is 0.626. The molecule has 0 bridgehead atoms. The number of ether oxygens (including phenoxy) is 1. The van der Waals surface area contributed by atoms with Gasteiger partial charge in [-0.05, 0) is 19.3 Å². The predicted molar refractivity (Wildman–Crippen MR) is 84.2 cm³/mol. The molecule has 1 saturated carbocycles. The van der Waals surface area contributed by atoms with Crippen molar-refractivity contribution in [3.63, 3.8) is 0 Å². The zero-order valence-corrected chi connectivity index (χ0v) is 13.7. The molecule has 0 atom stereocenters. The van der Waals surface area contributed by atoms with E-state index in [1.807, 2.05) is 0 Å². The van der Waals surface area contributed by atoms with Gasteiger partial charge >= 0.3 is 12.0 Å². The second kappa shape index (κ2) is 7.92. The van der Waals surface area contributed by atoms with E-state index >= 15 is 0 Å². The Balaban J connectivity index is 1.98. The van der Waals surface area contributed by atoms with Crippen molar-refractivity contribution >= 4 is 23.8 Å². The number of carbonyl (C=O) groups excluding carboxylic acids is 2. The SMILES string of the molecule is CCCCOC(=O)C1(NC(=O)N2CCSC2)CCCCC1. The lowest BCUT2D eigenvalue weighted by Crippen LogP contribution is -2.59. The van der Waals surface area contributed by atoms with Crippen LogP contribution in [0.5, 0.6) is 0 Å². The highest BCUT2D eigenvalue weighted by atomic mass is 32.2. The lowest BCUT2D eigenvalue weighted by atomic mass is 9.81. The summed E-state index contributed by atoms with van der Waals surface area (Å²) in [5.41, 5.74) is -0.795. The van der Waals surface area contributed by atoms with Gasteiger partial charge in [-0.25, -0.2) is 9.59 Å². The number of urea groups is 1. The summed E-state index contributed by atoms with van der Waals surface area (Å²) in [5, 5.41) is 3.00. The summed E-state index contributed by atoms with van der Waals surface area (Å²) in [6.07, 6.45) is 6.33.